The average Bonchev–Trinajstić information content (AvgIpc) is 2.72. The molecule has 1 N–H and O–H groups in total. The van der Waals surface area contributed by atoms with Gasteiger partial charge in [-0.3, -0.25) is 4.79 Å². The Morgan fingerprint density at radius 1 is 1.42 bits per heavy atom. The van der Waals surface area contributed by atoms with Gasteiger partial charge in [-0.15, -0.1) is 0 Å². The van der Waals surface area contributed by atoms with Gasteiger partial charge in [0.1, 0.15) is 5.82 Å². The predicted octanol–water partition coefficient (Wildman–Crippen LogP) is 2.10. The van der Waals surface area contributed by atoms with Crippen LogP contribution >= 0.6 is 0 Å². The number of carbonyl (C=O) groups is 1. The second kappa shape index (κ2) is 4.60. The van der Waals surface area contributed by atoms with Gasteiger partial charge in [-0.2, -0.15) is 0 Å². The number of nitrogens with zero attached hydrogens (tertiary/aromatic N) is 1. The summed E-state index contributed by atoms with van der Waals surface area (Å²) in [6, 6.07) is 4.78. The smallest absolute Gasteiger partial charge is 0.223 e. The number of fused-ring (bicyclic) bond motifs is 1. The highest BCUT2D eigenvalue weighted by Gasteiger charge is 2.38. The van der Waals surface area contributed by atoms with E-state index in [9.17, 15) is 9.18 Å². The van der Waals surface area contributed by atoms with Gasteiger partial charge in [0.05, 0.1) is 0 Å². The van der Waals surface area contributed by atoms with E-state index in [4.69, 9.17) is 0 Å². The van der Waals surface area contributed by atoms with Gasteiger partial charge < -0.3 is 10.2 Å². The molecule has 0 saturated carbocycles. The number of rotatable bonds is 0. The van der Waals surface area contributed by atoms with Crippen LogP contribution in [0.4, 0.5) is 10.1 Å². The van der Waals surface area contributed by atoms with E-state index in [-0.39, 0.29) is 17.1 Å². The van der Waals surface area contributed by atoms with Crippen molar-refractivity contribution in [3.05, 3.63) is 29.6 Å². The molecule has 1 spiro atoms. The fourth-order valence-electron chi connectivity index (χ4n) is 3.41. The number of halogens is 1. The normalized spacial score (nSPS) is 26.3. The first-order valence-electron chi connectivity index (χ1n) is 6.87. The predicted molar refractivity (Wildman–Crippen MR) is 72.7 cm³/mol. The highest BCUT2D eigenvalue weighted by Crippen LogP contribution is 2.40. The zero-order valence-electron chi connectivity index (χ0n) is 11.2. The Bertz CT molecular complexity index is 509. The zero-order chi connectivity index (χ0) is 13.5. The molecule has 19 heavy (non-hydrogen) atoms. The lowest BCUT2D eigenvalue weighted by atomic mass is 9.78. The minimum atomic E-state index is -0.217. The van der Waals surface area contributed by atoms with E-state index >= 15 is 0 Å². The van der Waals surface area contributed by atoms with Crippen molar-refractivity contribution in [1.29, 1.82) is 0 Å². The van der Waals surface area contributed by atoms with Crippen LogP contribution in [-0.2, 0) is 11.2 Å². The zero-order valence-corrected chi connectivity index (χ0v) is 11.2. The Morgan fingerprint density at radius 3 is 2.95 bits per heavy atom. The fourth-order valence-corrected chi connectivity index (χ4v) is 3.41. The molecule has 1 aromatic carbocycles. The molecule has 3 nitrogen and oxygen atoms in total. The Balaban J connectivity index is 2.04. The highest BCUT2D eigenvalue weighted by atomic mass is 19.1. The molecule has 4 heteroatoms. The second-order valence-electron chi connectivity index (χ2n) is 5.80. The van der Waals surface area contributed by atoms with Gasteiger partial charge in [0.25, 0.3) is 0 Å². The summed E-state index contributed by atoms with van der Waals surface area (Å²) in [6.07, 6.45) is 2.95. The summed E-state index contributed by atoms with van der Waals surface area (Å²) in [7, 11) is 0. The number of nitrogens with one attached hydrogen (secondary N) is 1. The van der Waals surface area contributed by atoms with Crippen molar-refractivity contribution in [2.75, 3.05) is 24.5 Å². The molecule has 0 bridgehead atoms. The van der Waals surface area contributed by atoms with Gasteiger partial charge in [0.15, 0.2) is 0 Å². The Kier molecular flexibility index (Phi) is 3.05. The molecule has 102 valence electrons. The Hall–Kier alpha value is -1.42. The van der Waals surface area contributed by atoms with Crippen LogP contribution in [0.1, 0.15) is 25.3 Å². The fraction of sp³-hybridized carbons (Fsp3) is 0.533. The van der Waals surface area contributed by atoms with E-state index in [1.165, 1.54) is 6.07 Å². The van der Waals surface area contributed by atoms with E-state index < -0.39 is 0 Å². The van der Waals surface area contributed by atoms with Crippen LogP contribution in [0.25, 0.3) is 0 Å². The number of amides is 1. The maximum atomic E-state index is 13.5. The molecule has 1 aromatic rings. The molecular formula is C15H19FN2O. The van der Waals surface area contributed by atoms with Crippen molar-refractivity contribution in [3.63, 3.8) is 0 Å². The summed E-state index contributed by atoms with van der Waals surface area (Å²) in [5, 5.41) is 3.40. The minimum Gasteiger partial charge on any atom is -0.316 e. The number of hydrogen-bond acceptors (Lipinski definition) is 2. The molecular weight excluding hydrogens is 243 g/mol. The summed E-state index contributed by atoms with van der Waals surface area (Å²) in [5.41, 5.74) is 2.04. The van der Waals surface area contributed by atoms with Crippen LogP contribution < -0.4 is 10.2 Å². The molecule has 1 fully saturated rings. The Morgan fingerprint density at radius 2 is 2.26 bits per heavy atom. The molecule has 2 heterocycles. The molecule has 1 amide bonds. The van der Waals surface area contributed by atoms with Gasteiger partial charge in [-0.05, 0) is 55.0 Å². The molecule has 0 aliphatic carbocycles. The second-order valence-corrected chi connectivity index (χ2v) is 5.80. The topological polar surface area (TPSA) is 32.3 Å². The van der Waals surface area contributed by atoms with E-state index in [1.54, 1.807) is 24.0 Å². The largest absolute Gasteiger partial charge is 0.316 e. The number of hydrogen-bond donors (Lipinski definition) is 1. The lowest BCUT2D eigenvalue weighted by molar-refractivity contribution is -0.116. The van der Waals surface area contributed by atoms with Gasteiger partial charge in [-0.25, -0.2) is 4.39 Å². The van der Waals surface area contributed by atoms with Crippen molar-refractivity contribution in [1.82, 2.24) is 5.32 Å². The first-order valence-corrected chi connectivity index (χ1v) is 6.87. The third-order valence-electron chi connectivity index (χ3n) is 4.48. The first kappa shape index (κ1) is 12.6. The highest BCUT2D eigenvalue weighted by molar-refractivity contribution is 5.92. The van der Waals surface area contributed by atoms with Crippen LogP contribution in [-0.4, -0.2) is 25.5 Å². The van der Waals surface area contributed by atoms with Crippen LogP contribution in [0, 0.1) is 11.2 Å². The van der Waals surface area contributed by atoms with E-state index in [1.807, 2.05) is 0 Å². The van der Waals surface area contributed by atoms with Crippen LogP contribution in [0.2, 0.25) is 0 Å². The summed E-state index contributed by atoms with van der Waals surface area (Å²) in [5.74, 6) is -0.180. The number of anilines is 1. The van der Waals surface area contributed by atoms with Crippen molar-refractivity contribution in [3.8, 4) is 0 Å². The summed E-state index contributed by atoms with van der Waals surface area (Å²) < 4.78 is 13.5. The van der Waals surface area contributed by atoms with Crippen LogP contribution in [0.3, 0.4) is 0 Å². The van der Waals surface area contributed by atoms with Gasteiger partial charge >= 0.3 is 0 Å². The maximum Gasteiger partial charge on any atom is 0.223 e. The molecule has 3 rings (SSSR count). The molecule has 0 radical (unpaired) electrons. The number of carbonyl (C=O) groups excluding carboxylic acids is 1. The maximum absolute atomic E-state index is 13.5. The van der Waals surface area contributed by atoms with E-state index in [0.29, 0.717) is 0 Å². The first-order chi connectivity index (χ1) is 9.10. The molecule has 2 aliphatic rings. The molecule has 2 aliphatic heterocycles. The third-order valence-corrected chi connectivity index (χ3v) is 4.48. The van der Waals surface area contributed by atoms with Gasteiger partial charge in [0.2, 0.25) is 5.91 Å². The third kappa shape index (κ3) is 2.25. The van der Waals surface area contributed by atoms with Gasteiger partial charge in [0, 0.05) is 25.7 Å². The van der Waals surface area contributed by atoms with E-state index in [0.717, 1.165) is 50.1 Å². The lowest BCUT2D eigenvalue weighted by Crippen LogP contribution is -2.32. The van der Waals surface area contributed by atoms with Crippen LogP contribution in [0.15, 0.2) is 18.2 Å². The van der Waals surface area contributed by atoms with Crippen LogP contribution in [0.5, 0.6) is 0 Å². The van der Waals surface area contributed by atoms with Crippen molar-refractivity contribution >= 4 is 11.6 Å². The average molecular weight is 262 g/mol. The number of benzene rings is 1. The van der Waals surface area contributed by atoms with Gasteiger partial charge in [-0.1, -0.05) is 0 Å². The summed E-state index contributed by atoms with van der Waals surface area (Å²) >= 11 is 0. The SMILES string of the molecule is CC(=O)N1CCC2(CCNC2)Cc2cc(F)ccc21. The standard InChI is InChI=1S/C15H19FN2O/c1-11(19)18-7-5-15(4-6-17-10-15)9-12-8-13(16)2-3-14(12)18/h2-3,8,17H,4-7,9-10H2,1H3. The van der Waals surface area contributed by atoms with Crippen molar-refractivity contribution in [2.24, 2.45) is 5.41 Å². The molecule has 0 aromatic heterocycles. The lowest BCUT2D eigenvalue weighted by Gasteiger charge is -2.26. The molecule has 1 unspecified atom stereocenters. The minimum absolute atomic E-state index is 0.0378. The summed E-state index contributed by atoms with van der Waals surface area (Å²) in [4.78, 5) is 13.6. The van der Waals surface area contributed by atoms with Crippen molar-refractivity contribution in [2.45, 2.75) is 26.2 Å². The van der Waals surface area contributed by atoms with E-state index in [2.05, 4.69) is 5.32 Å². The monoisotopic (exact) mass is 262 g/mol. The molecule has 1 atom stereocenters. The van der Waals surface area contributed by atoms with Crippen molar-refractivity contribution < 1.29 is 9.18 Å². The quantitative estimate of drug-likeness (QED) is 0.776. The Labute approximate surface area is 112 Å². The molecule has 1 saturated heterocycles. The summed E-state index contributed by atoms with van der Waals surface area (Å²) in [6.45, 7) is 4.30.